The van der Waals surface area contributed by atoms with Crippen molar-refractivity contribution in [3.8, 4) is 0 Å². The molecule has 20 heavy (non-hydrogen) atoms. The Hall–Kier alpha value is -1.69. The Labute approximate surface area is 124 Å². The number of aromatic amines is 1. The van der Waals surface area contributed by atoms with Crippen molar-refractivity contribution in [2.45, 2.75) is 6.04 Å². The highest BCUT2D eigenvalue weighted by Crippen LogP contribution is 2.30. The van der Waals surface area contributed by atoms with Gasteiger partial charge < -0.3 is 4.98 Å². The van der Waals surface area contributed by atoms with E-state index >= 15 is 0 Å². The fraction of sp³-hybridized carbons (Fsp3) is 0.0667. The minimum absolute atomic E-state index is 0.270. The van der Waals surface area contributed by atoms with Crippen LogP contribution >= 0.6 is 15.9 Å². The van der Waals surface area contributed by atoms with E-state index in [-0.39, 0.29) is 11.9 Å². The molecule has 0 amide bonds. The topological polar surface area (TPSA) is 53.8 Å². The molecule has 0 bridgehead atoms. The summed E-state index contributed by atoms with van der Waals surface area (Å²) in [6.45, 7) is 0. The van der Waals surface area contributed by atoms with Crippen LogP contribution in [0.5, 0.6) is 0 Å². The lowest BCUT2D eigenvalue weighted by molar-refractivity contribution is 0.602. The fourth-order valence-corrected chi connectivity index (χ4v) is 2.64. The van der Waals surface area contributed by atoms with Gasteiger partial charge in [-0.25, -0.2) is 9.82 Å². The van der Waals surface area contributed by atoms with E-state index in [1.165, 1.54) is 6.07 Å². The van der Waals surface area contributed by atoms with E-state index in [1.54, 1.807) is 6.07 Å². The summed E-state index contributed by atoms with van der Waals surface area (Å²) in [4.78, 5) is 3.20. The Morgan fingerprint density at radius 2 is 2.00 bits per heavy atom. The third kappa shape index (κ3) is 2.24. The second kappa shape index (κ2) is 5.36. The monoisotopic (exact) mass is 333 g/mol. The van der Waals surface area contributed by atoms with Crippen molar-refractivity contribution in [1.82, 2.24) is 10.4 Å². The van der Waals surface area contributed by atoms with E-state index in [4.69, 9.17) is 5.84 Å². The number of para-hydroxylation sites is 1. The van der Waals surface area contributed by atoms with E-state index in [0.29, 0.717) is 4.47 Å². The van der Waals surface area contributed by atoms with Gasteiger partial charge in [0.15, 0.2) is 0 Å². The number of nitrogens with one attached hydrogen (secondary N) is 2. The molecule has 0 aliphatic carbocycles. The van der Waals surface area contributed by atoms with Gasteiger partial charge in [-0.05, 0) is 39.7 Å². The standard InChI is InChI=1S/C15H13BrFN3/c16-12-6-5-9(7-13(12)17)15(20-18)11-8-19-14-4-2-1-3-10(11)14/h1-8,15,19-20H,18H2. The predicted octanol–water partition coefficient (Wildman–Crippen LogP) is 3.62. The molecular weight excluding hydrogens is 321 g/mol. The van der Waals surface area contributed by atoms with Crippen molar-refractivity contribution in [3.63, 3.8) is 0 Å². The lowest BCUT2D eigenvalue weighted by Gasteiger charge is -2.16. The number of nitrogens with two attached hydrogens (primary N) is 1. The molecule has 1 unspecified atom stereocenters. The molecule has 0 radical (unpaired) electrons. The number of fused-ring (bicyclic) bond motifs is 1. The third-order valence-electron chi connectivity index (χ3n) is 3.38. The average molecular weight is 334 g/mol. The smallest absolute Gasteiger partial charge is 0.137 e. The lowest BCUT2D eigenvalue weighted by atomic mass is 9.99. The Bertz CT molecular complexity index is 754. The van der Waals surface area contributed by atoms with Gasteiger partial charge in [0.1, 0.15) is 5.82 Å². The SMILES string of the molecule is NNC(c1ccc(Br)c(F)c1)c1c[nH]c2ccccc12. The molecule has 1 atom stereocenters. The number of hydrazine groups is 1. The van der Waals surface area contributed by atoms with Gasteiger partial charge in [0.2, 0.25) is 0 Å². The molecule has 1 heterocycles. The van der Waals surface area contributed by atoms with Gasteiger partial charge >= 0.3 is 0 Å². The van der Waals surface area contributed by atoms with Crippen LogP contribution in [-0.2, 0) is 0 Å². The quantitative estimate of drug-likeness (QED) is 0.506. The molecule has 2 aromatic carbocycles. The molecular formula is C15H13BrFN3. The Kier molecular flexibility index (Phi) is 3.56. The van der Waals surface area contributed by atoms with Crippen LogP contribution in [0.15, 0.2) is 53.1 Å². The first kappa shape index (κ1) is 13.3. The summed E-state index contributed by atoms with van der Waals surface area (Å²) in [5, 5.41) is 1.07. The number of hydrogen-bond acceptors (Lipinski definition) is 2. The minimum Gasteiger partial charge on any atom is -0.361 e. The molecule has 0 saturated carbocycles. The minimum atomic E-state index is -0.303. The van der Waals surface area contributed by atoms with Crippen LogP contribution in [0.25, 0.3) is 10.9 Å². The van der Waals surface area contributed by atoms with Crippen molar-refractivity contribution >= 4 is 26.8 Å². The number of benzene rings is 2. The van der Waals surface area contributed by atoms with Gasteiger partial charge in [0.05, 0.1) is 10.5 Å². The molecule has 1 aromatic heterocycles. The van der Waals surface area contributed by atoms with Gasteiger partial charge in [0.25, 0.3) is 0 Å². The van der Waals surface area contributed by atoms with E-state index in [0.717, 1.165) is 22.0 Å². The molecule has 0 aliphatic heterocycles. The van der Waals surface area contributed by atoms with Gasteiger partial charge in [0, 0.05) is 22.7 Å². The molecule has 0 aliphatic rings. The van der Waals surface area contributed by atoms with Crippen LogP contribution in [-0.4, -0.2) is 4.98 Å². The van der Waals surface area contributed by atoms with Crippen molar-refractivity contribution in [1.29, 1.82) is 0 Å². The summed E-state index contributed by atoms with van der Waals surface area (Å²) < 4.78 is 14.1. The molecule has 0 fully saturated rings. The Morgan fingerprint density at radius 1 is 1.20 bits per heavy atom. The summed E-state index contributed by atoms with van der Waals surface area (Å²) in [5.74, 6) is 5.37. The maximum atomic E-state index is 13.7. The second-order valence-electron chi connectivity index (χ2n) is 4.56. The van der Waals surface area contributed by atoms with Crippen LogP contribution in [0.2, 0.25) is 0 Å². The molecule has 3 rings (SSSR count). The molecule has 4 N–H and O–H groups in total. The van der Waals surface area contributed by atoms with E-state index in [9.17, 15) is 4.39 Å². The normalized spacial score (nSPS) is 12.8. The number of hydrogen-bond donors (Lipinski definition) is 3. The number of halogens is 2. The zero-order valence-corrected chi connectivity index (χ0v) is 12.1. The Balaban J connectivity index is 2.11. The van der Waals surface area contributed by atoms with Gasteiger partial charge in [-0.15, -0.1) is 0 Å². The first-order valence-electron chi connectivity index (χ1n) is 6.18. The maximum absolute atomic E-state index is 13.7. The molecule has 5 heteroatoms. The number of aromatic nitrogens is 1. The van der Waals surface area contributed by atoms with Crippen molar-refractivity contribution < 1.29 is 4.39 Å². The number of H-pyrrole nitrogens is 1. The lowest BCUT2D eigenvalue weighted by Crippen LogP contribution is -2.28. The van der Waals surface area contributed by atoms with E-state index < -0.39 is 0 Å². The molecule has 102 valence electrons. The number of rotatable bonds is 3. The predicted molar refractivity (Wildman–Crippen MR) is 81.6 cm³/mol. The summed E-state index contributed by atoms with van der Waals surface area (Å²) in [6, 6.07) is 12.7. The first-order chi connectivity index (χ1) is 9.70. The Morgan fingerprint density at radius 3 is 2.75 bits per heavy atom. The van der Waals surface area contributed by atoms with Crippen molar-refractivity contribution in [2.75, 3.05) is 0 Å². The highest BCUT2D eigenvalue weighted by molar-refractivity contribution is 9.10. The first-order valence-corrected chi connectivity index (χ1v) is 6.97. The average Bonchev–Trinajstić information content (AvgIpc) is 2.88. The van der Waals surface area contributed by atoms with E-state index in [1.807, 2.05) is 36.5 Å². The van der Waals surface area contributed by atoms with E-state index in [2.05, 4.69) is 26.3 Å². The molecule has 3 aromatic rings. The summed E-state index contributed by atoms with van der Waals surface area (Å²) in [7, 11) is 0. The van der Waals surface area contributed by atoms with Gasteiger partial charge in [-0.3, -0.25) is 5.84 Å². The van der Waals surface area contributed by atoms with Gasteiger partial charge in [-0.1, -0.05) is 24.3 Å². The molecule has 0 saturated heterocycles. The molecule has 0 spiro atoms. The zero-order valence-electron chi connectivity index (χ0n) is 10.5. The summed E-state index contributed by atoms with van der Waals surface area (Å²) >= 11 is 3.16. The van der Waals surface area contributed by atoms with Crippen LogP contribution in [0, 0.1) is 5.82 Å². The third-order valence-corrected chi connectivity index (χ3v) is 4.02. The van der Waals surface area contributed by atoms with Crippen molar-refractivity contribution in [3.05, 3.63) is 70.1 Å². The highest BCUT2D eigenvalue weighted by atomic mass is 79.9. The van der Waals surface area contributed by atoms with Crippen molar-refractivity contribution in [2.24, 2.45) is 5.84 Å². The van der Waals surface area contributed by atoms with Crippen LogP contribution in [0.3, 0.4) is 0 Å². The highest BCUT2D eigenvalue weighted by Gasteiger charge is 2.17. The maximum Gasteiger partial charge on any atom is 0.137 e. The largest absolute Gasteiger partial charge is 0.361 e. The van der Waals surface area contributed by atoms with Crippen LogP contribution < -0.4 is 11.3 Å². The summed E-state index contributed by atoms with van der Waals surface area (Å²) in [6.07, 6.45) is 1.90. The zero-order chi connectivity index (χ0) is 14.1. The fourth-order valence-electron chi connectivity index (χ4n) is 2.39. The summed E-state index contributed by atoms with van der Waals surface area (Å²) in [5.41, 5.74) is 5.55. The van der Waals surface area contributed by atoms with Crippen LogP contribution in [0.4, 0.5) is 4.39 Å². The molecule has 3 nitrogen and oxygen atoms in total. The second-order valence-corrected chi connectivity index (χ2v) is 5.42. The van der Waals surface area contributed by atoms with Crippen LogP contribution in [0.1, 0.15) is 17.2 Å². The van der Waals surface area contributed by atoms with Gasteiger partial charge in [-0.2, -0.15) is 0 Å².